The van der Waals surface area contributed by atoms with Crippen molar-refractivity contribution in [3.63, 3.8) is 0 Å². The predicted octanol–water partition coefficient (Wildman–Crippen LogP) is 3.47. The van der Waals surface area contributed by atoms with Gasteiger partial charge in [-0.05, 0) is 52.7 Å². The average Bonchev–Trinajstić information content (AvgIpc) is 2.73. The van der Waals surface area contributed by atoms with Crippen LogP contribution in [0, 0.1) is 13.8 Å². The molecule has 0 aliphatic heterocycles. The zero-order chi connectivity index (χ0) is 10.1. The van der Waals surface area contributed by atoms with Gasteiger partial charge in [-0.3, -0.25) is 0 Å². The highest BCUT2D eigenvalue weighted by atomic mass is 32.1. The van der Waals surface area contributed by atoms with Crippen molar-refractivity contribution in [3.8, 4) is 0 Å². The third-order valence-electron chi connectivity index (χ3n) is 2.34. The molecule has 0 saturated carbocycles. The van der Waals surface area contributed by atoms with E-state index >= 15 is 0 Å². The van der Waals surface area contributed by atoms with Crippen molar-refractivity contribution < 1.29 is 0 Å². The Hall–Kier alpha value is -0.640. The lowest BCUT2D eigenvalue weighted by atomic mass is 10.0. The normalized spacial score (nSPS) is 13.1. The summed E-state index contributed by atoms with van der Waals surface area (Å²) in [4.78, 5) is 1.32. The molecule has 2 heterocycles. The highest BCUT2D eigenvalue weighted by Gasteiger charge is 2.12. The van der Waals surface area contributed by atoms with E-state index in [1.807, 2.05) is 0 Å². The van der Waals surface area contributed by atoms with E-state index in [2.05, 4.69) is 36.1 Å². The topological polar surface area (TPSA) is 26.0 Å². The third-order valence-corrected chi connectivity index (χ3v) is 4.10. The fourth-order valence-electron chi connectivity index (χ4n) is 1.50. The molecule has 0 aromatic carbocycles. The zero-order valence-corrected chi connectivity index (χ0v) is 9.91. The molecule has 0 fully saturated rings. The molecule has 14 heavy (non-hydrogen) atoms. The summed E-state index contributed by atoms with van der Waals surface area (Å²) in [6.45, 7) is 4.23. The quantitative estimate of drug-likeness (QED) is 0.829. The Morgan fingerprint density at radius 3 is 2.50 bits per heavy atom. The first-order valence-electron chi connectivity index (χ1n) is 4.52. The minimum absolute atomic E-state index is 0.0474. The standard InChI is InChI=1S/C11H13NS2/c1-7-4-13-6-10(7)11(12)9-3-8(2)14-5-9/h3-6,11H,12H2,1-2H3. The van der Waals surface area contributed by atoms with Gasteiger partial charge in [0.2, 0.25) is 0 Å². The fourth-order valence-corrected chi connectivity index (χ4v) is 3.12. The summed E-state index contributed by atoms with van der Waals surface area (Å²) in [5.41, 5.74) is 9.97. The molecule has 1 unspecified atom stereocenters. The van der Waals surface area contributed by atoms with Gasteiger partial charge in [-0.15, -0.1) is 11.3 Å². The van der Waals surface area contributed by atoms with Crippen molar-refractivity contribution in [1.82, 2.24) is 0 Å². The van der Waals surface area contributed by atoms with Gasteiger partial charge in [0.05, 0.1) is 6.04 Å². The van der Waals surface area contributed by atoms with E-state index in [1.165, 1.54) is 21.6 Å². The van der Waals surface area contributed by atoms with E-state index in [0.29, 0.717) is 0 Å². The van der Waals surface area contributed by atoms with Gasteiger partial charge in [-0.1, -0.05) is 0 Å². The first-order chi connectivity index (χ1) is 6.68. The van der Waals surface area contributed by atoms with E-state index in [9.17, 15) is 0 Å². The van der Waals surface area contributed by atoms with Crippen molar-refractivity contribution in [2.75, 3.05) is 0 Å². The van der Waals surface area contributed by atoms with Crippen LogP contribution in [0.15, 0.2) is 22.2 Å². The molecular formula is C11H13NS2. The number of rotatable bonds is 2. The van der Waals surface area contributed by atoms with Gasteiger partial charge in [-0.25, -0.2) is 0 Å². The Bertz CT molecular complexity index is 428. The van der Waals surface area contributed by atoms with Crippen molar-refractivity contribution >= 4 is 22.7 Å². The molecule has 2 aromatic heterocycles. The van der Waals surface area contributed by atoms with E-state index in [0.717, 1.165) is 0 Å². The van der Waals surface area contributed by atoms with Crippen LogP contribution in [0.25, 0.3) is 0 Å². The fraction of sp³-hybridized carbons (Fsp3) is 0.273. The lowest BCUT2D eigenvalue weighted by Gasteiger charge is -2.09. The Kier molecular flexibility index (Phi) is 2.72. The zero-order valence-electron chi connectivity index (χ0n) is 8.28. The van der Waals surface area contributed by atoms with Crippen LogP contribution in [0.2, 0.25) is 0 Å². The van der Waals surface area contributed by atoms with Gasteiger partial charge in [0.25, 0.3) is 0 Å². The minimum Gasteiger partial charge on any atom is -0.320 e. The van der Waals surface area contributed by atoms with E-state index < -0.39 is 0 Å². The minimum atomic E-state index is 0.0474. The van der Waals surface area contributed by atoms with Crippen molar-refractivity contribution in [1.29, 1.82) is 0 Å². The number of hydrogen-bond acceptors (Lipinski definition) is 3. The van der Waals surface area contributed by atoms with E-state index in [4.69, 9.17) is 5.73 Å². The number of aryl methyl sites for hydroxylation is 2. The maximum atomic E-state index is 6.19. The van der Waals surface area contributed by atoms with Crippen molar-refractivity contribution in [2.24, 2.45) is 5.73 Å². The Morgan fingerprint density at radius 2 is 2.00 bits per heavy atom. The van der Waals surface area contributed by atoms with Crippen LogP contribution in [-0.2, 0) is 0 Å². The molecule has 0 bridgehead atoms. The third kappa shape index (κ3) is 1.75. The molecule has 3 heteroatoms. The Morgan fingerprint density at radius 1 is 1.21 bits per heavy atom. The highest BCUT2D eigenvalue weighted by Crippen LogP contribution is 2.28. The Labute approximate surface area is 92.2 Å². The van der Waals surface area contributed by atoms with Crippen molar-refractivity contribution in [2.45, 2.75) is 19.9 Å². The molecule has 0 aliphatic rings. The average molecular weight is 223 g/mol. The van der Waals surface area contributed by atoms with Gasteiger partial charge in [0, 0.05) is 4.88 Å². The molecule has 2 rings (SSSR count). The maximum Gasteiger partial charge on any atom is 0.0570 e. The van der Waals surface area contributed by atoms with Crippen LogP contribution in [0.4, 0.5) is 0 Å². The summed E-state index contributed by atoms with van der Waals surface area (Å²) in [6, 6.07) is 2.22. The first kappa shape index (κ1) is 9.90. The molecule has 0 spiro atoms. The van der Waals surface area contributed by atoms with Gasteiger partial charge in [0.15, 0.2) is 0 Å². The van der Waals surface area contributed by atoms with Crippen LogP contribution < -0.4 is 5.73 Å². The second-order valence-electron chi connectivity index (χ2n) is 3.48. The van der Waals surface area contributed by atoms with Crippen molar-refractivity contribution in [3.05, 3.63) is 43.8 Å². The van der Waals surface area contributed by atoms with Gasteiger partial charge in [0.1, 0.15) is 0 Å². The lowest BCUT2D eigenvalue weighted by Crippen LogP contribution is -2.10. The second kappa shape index (κ2) is 3.85. The van der Waals surface area contributed by atoms with Crippen LogP contribution in [-0.4, -0.2) is 0 Å². The Balaban J connectivity index is 2.33. The molecule has 2 N–H and O–H groups in total. The molecule has 1 atom stereocenters. The smallest absolute Gasteiger partial charge is 0.0570 e. The molecule has 0 amide bonds. The molecule has 74 valence electrons. The summed E-state index contributed by atoms with van der Waals surface area (Å²) < 4.78 is 0. The summed E-state index contributed by atoms with van der Waals surface area (Å²) in [6.07, 6.45) is 0. The molecular weight excluding hydrogens is 210 g/mol. The van der Waals surface area contributed by atoms with Crippen LogP contribution in [0.5, 0.6) is 0 Å². The molecule has 1 nitrogen and oxygen atoms in total. The van der Waals surface area contributed by atoms with Crippen LogP contribution >= 0.6 is 22.7 Å². The SMILES string of the molecule is Cc1cc(C(N)c2cscc2C)cs1. The summed E-state index contributed by atoms with van der Waals surface area (Å²) in [5, 5.41) is 6.44. The van der Waals surface area contributed by atoms with Gasteiger partial charge >= 0.3 is 0 Å². The second-order valence-corrected chi connectivity index (χ2v) is 5.34. The lowest BCUT2D eigenvalue weighted by molar-refractivity contribution is 0.872. The predicted molar refractivity (Wildman–Crippen MR) is 64.1 cm³/mol. The molecule has 0 aliphatic carbocycles. The van der Waals surface area contributed by atoms with E-state index in [-0.39, 0.29) is 6.04 Å². The molecule has 0 saturated heterocycles. The summed E-state index contributed by atoms with van der Waals surface area (Å²) >= 11 is 3.48. The highest BCUT2D eigenvalue weighted by molar-refractivity contribution is 7.10. The first-order valence-corrected chi connectivity index (χ1v) is 6.34. The number of nitrogens with two attached hydrogens (primary N) is 1. The molecule has 0 radical (unpaired) electrons. The maximum absolute atomic E-state index is 6.19. The number of thiophene rings is 2. The van der Waals surface area contributed by atoms with Crippen LogP contribution in [0.1, 0.15) is 27.6 Å². The largest absolute Gasteiger partial charge is 0.320 e. The molecule has 2 aromatic rings. The van der Waals surface area contributed by atoms with E-state index in [1.54, 1.807) is 22.7 Å². The monoisotopic (exact) mass is 223 g/mol. The number of hydrogen-bond donors (Lipinski definition) is 1. The summed E-state index contributed by atoms with van der Waals surface area (Å²) in [5.74, 6) is 0. The van der Waals surface area contributed by atoms with Crippen LogP contribution in [0.3, 0.4) is 0 Å². The van der Waals surface area contributed by atoms with Gasteiger partial charge < -0.3 is 5.73 Å². The van der Waals surface area contributed by atoms with Gasteiger partial charge in [-0.2, -0.15) is 11.3 Å². The summed E-state index contributed by atoms with van der Waals surface area (Å²) in [7, 11) is 0.